The summed E-state index contributed by atoms with van der Waals surface area (Å²) in [5, 5.41) is 13.5. The Morgan fingerprint density at radius 2 is 2.23 bits per heavy atom. The van der Waals surface area contributed by atoms with Crippen LogP contribution in [-0.4, -0.2) is 44.0 Å². The van der Waals surface area contributed by atoms with Crippen molar-refractivity contribution >= 4 is 5.97 Å². The van der Waals surface area contributed by atoms with E-state index >= 15 is 0 Å². The van der Waals surface area contributed by atoms with Gasteiger partial charge in [-0.25, -0.2) is 14.6 Å². The molecule has 8 nitrogen and oxygen atoms in total. The molecule has 2 aromatic heterocycles. The van der Waals surface area contributed by atoms with Crippen LogP contribution in [0.25, 0.3) is 11.5 Å². The summed E-state index contributed by atoms with van der Waals surface area (Å²) < 4.78 is 12.2. The number of aliphatic carboxylic acids is 1. The van der Waals surface area contributed by atoms with E-state index < -0.39 is 5.97 Å². The lowest BCUT2D eigenvalue weighted by Gasteiger charge is -2.01. The number of rotatable bonds is 5. The fourth-order valence-corrected chi connectivity index (χ4v) is 2.74. The largest absolute Gasteiger partial charge is 0.480 e. The van der Waals surface area contributed by atoms with Crippen molar-refractivity contribution in [3.63, 3.8) is 0 Å². The summed E-state index contributed by atoms with van der Waals surface area (Å²) in [5.74, 6) is 1.40. The number of ether oxygens (including phenoxy) is 1. The number of carboxylic acids is 1. The maximum Gasteiger partial charge on any atom is 0.325 e. The van der Waals surface area contributed by atoms with Crippen molar-refractivity contribution in [2.45, 2.75) is 37.6 Å². The summed E-state index contributed by atoms with van der Waals surface area (Å²) >= 11 is 0. The molecule has 0 spiro atoms. The van der Waals surface area contributed by atoms with E-state index in [1.807, 2.05) is 0 Å². The summed E-state index contributed by atoms with van der Waals surface area (Å²) in [4.78, 5) is 19.9. The number of nitrogens with zero attached hydrogens (tertiary/aromatic N) is 4. The van der Waals surface area contributed by atoms with Crippen LogP contribution in [0.15, 0.2) is 10.8 Å². The van der Waals surface area contributed by atoms with Crippen molar-refractivity contribution in [1.29, 1.82) is 0 Å². The first-order valence-electron chi connectivity index (χ1n) is 7.40. The fourth-order valence-electron chi connectivity index (χ4n) is 2.74. The monoisotopic (exact) mass is 304 g/mol. The Morgan fingerprint density at radius 1 is 1.36 bits per heavy atom. The molecule has 1 aliphatic heterocycles. The molecule has 1 saturated heterocycles. The Hall–Kier alpha value is -2.22. The molecule has 0 unspecified atom stereocenters. The molecule has 0 radical (unpaired) electrons. The lowest BCUT2D eigenvalue weighted by Crippen LogP contribution is -2.12. The minimum Gasteiger partial charge on any atom is -0.480 e. The Kier molecular flexibility index (Phi) is 3.18. The van der Waals surface area contributed by atoms with Crippen LogP contribution in [-0.2, 0) is 16.1 Å². The molecule has 8 heteroatoms. The van der Waals surface area contributed by atoms with Gasteiger partial charge in [-0.1, -0.05) is 0 Å². The average Bonchev–Trinajstić information content (AvgIpc) is 2.95. The molecular weight excluding hydrogens is 288 g/mol. The van der Waals surface area contributed by atoms with Gasteiger partial charge in [0.2, 0.25) is 0 Å². The number of hydrogen-bond acceptors (Lipinski definition) is 6. The van der Waals surface area contributed by atoms with Crippen LogP contribution >= 0.6 is 0 Å². The lowest BCUT2D eigenvalue weighted by atomic mass is 10.1. The lowest BCUT2D eigenvalue weighted by molar-refractivity contribution is -0.137. The Balaban J connectivity index is 1.75. The third kappa shape index (κ3) is 2.39. The normalized spacial score (nSPS) is 21.4. The molecule has 116 valence electrons. The zero-order valence-electron chi connectivity index (χ0n) is 11.9. The average molecular weight is 304 g/mol. The predicted molar refractivity (Wildman–Crippen MR) is 73.3 cm³/mol. The summed E-state index contributed by atoms with van der Waals surface area (Å²) in [6, 6.07) is 0. The van der Waals surface area contributed by atoms with Crippen molar-refractivity contribution in [1.82, 2.24) is 19.7 Å². The van der Waals surface area contributed by atoms with Crippen molar-refractivity contribution < 1.29 is 19.1 Å². The Labute approximate surface area is 126 Å². The number of oxazole rings is 1. The van der Waals surface area contributed by atoms with Gasteiger partial charge in [-0.05, 0) is 19.3 Å². The number of aromatic nitrogens is 4. The molecule has 1 atom stereocenters. The summed E-state index contributed by atoms with van der Waals surface area (Å²) in [6.45, 7) is 1.02. The topological polar surface area (TPSA) is 103 Å². The maximum atomic E-state index is 11.1. The van der Waals surface area contributed by atoms with Crippen LogP contribution in [0, 0.1) is 0 Å². The minimum absolute atomic E-state index is 0.116. The highest BCUT2D eigenvalue weighted by atomic mass is 16.5. The fraction of sp³-hybridized carbons (Fsp3) is 0.571. The third-order valence-corrected chi connectivity index (χ3v) is 4.02. The van der Waals surface area contributed by atoms with Gasteiger partial charge in [0.25, 0.3) is 0 Å². The van der Waals surface area contributed by atoms with Crippen LogP contribution in [0.2, 0.25) is 0 Å². The van der Waals surface area contributed by atoms with Crippen molar-refractivity contribution in [2.24, 2.45) is 0 Å². The SMILES string of the molecule is O=C(O)Cn1nc([C@@H]2CCOC2)nc1-c1ncoc1C1CC1. The summed E-state index contributed by atoms with van der Waals surface area (Å²) in [5.41, 5.74) is 0.612. The molecule has 2 aromatic rings. The van der Waals surface area contributed by atoms with Crippen LogP contribution in [0.5, 0.6) is 0 Å². The van der Waals surface area contributed by atoms with Gasteiger partial charge in [-0.15, -0.1) is 0 Å². The molecule has 1 N–H and O–H groups in total. The van der Waals surface area contributed by atoms with E-state index in [4.69, 9.17) is 14.3 Å². The standard InChI is InChI=1S/C14H16N4O4/c19-10(20)5-18-14(11-12(8-1-2-8)22-7-15-11)16-13(17-18)9-3-4-21-6-9/h7-9H,1-6H2,(H,19,20)/t9-/m1/s1. The van der Waals surface area contributed by atoms with Crippen LogP contribution in [0.3, 0.4) is 0 Å². The molecule has 0 bridgehead atoms. The first-order valence-corrected chi connectivity index (χ1v) is 7.40. The second-order valence-corrected chi connectivity index (χ2v) is 5.75. The van der Waals surface area contributed by atoms with E-state index in [2.05, 4.69) is 15.1 Å². The van der Waals surface area contributed by atoms with Gasteiger partial charge < -0.3 is 14.3 Å². The van der Waals surface area contributed by atoms with Gasteiger partial charge in [-0.2, -0.15) is 5.10 Å². The van der Waals surface area contributed by atoms with Crippen LogP contribution in [0.4, 0.5) is 0 Å². The molecule has 4 rings (SSSR count). The van der Waals surface area contributed by atoms with Crippen molar-refractivity contribution in [3.05, 3.63) is 18.0 Å². The highest BCUT2D eigenvalue weighted by Crippen LogP contribution is 2.43. The molecule has 1 saturated carbocycles. The van der Waals surface area contributed by atoms with Crippen molar-refractivity contribution in [3.8, 4) is 11.5 Å². The molecular formula is C14H16N4O4. The number of carbonyl (C=O) groups is 1. The Morgan fingerprint density at radius 3 is 2.91 bits per heavy atom. The van der Waals surface area contributed by atoms with Gasteiger partial charge in [0.05, 0.1) is 6.61 Å². The quantitative estimate of drug-likeness (QED) is 0.890. The van der Waals surface area contributed by atoms with E-state index in [0.717, 1.165) is 25.0 Å². The first-order chi connectivity index (χ1) is 10.7. The highest BCUT2D eigenvalue weighted by Gasteiger charge is 2.33. The first kappa shape index (κ1) is 13.4. The highest BCUT2D eigenvalue weighted by molar-refractivity contribution is 5.67. The van der Waals surface area contributed by atoms with E-state index in [9.17, 15) is 4.79 Å². The zero-order valence-corrected chi connectivity index (χ0v) is 11.9. The van der Waals surface area contributed by atoms with E-state index in [1.54, 1.807) is 0 Å². The number of hydrogen-bond donors (Lipinski definition) is 1. The van der Waals surface area contributed by atoms with Gasteiger partial charge in [0, 0.05) is 18.4 Å². The van der Waals surface area contributed by atoms with E-state index in [-0.39, 0.29) is 12.5 Å². The second kappa shape index (κ2) is 5.20. The minimum atomic E-state index is -0.961. The van der Waals surface area contributed by atoms with E-state index in [0.29, 0.717) is 36.5 Å². The van der Waals surface area contributed by atoms with E-state index in [1.165, 1.54) is 11.1 Å². The number of carboxylic acid groups (broad SMARTS) is 1. The molecule has 0 aromatic carbocycles. The van der Waals surface area contributed by atoms with Gasteiger partial charge >= 0.3 is 5.97 Å². The second-order valence-electron chi connectivity index (χ2n) is 5.75. The summed E-state index contributed by atoms with van der Waals surface area (Å²) in [7, 11) is 0. The summed E-state index contributed by atoms with van der Waals surface area (Å²) in [6.07, 6.45) is 4.38. The third-order valence-electron chi connectivity index (χ3n) is 4.02. The van der Waals surface area contributed by atoms with Crippen LogP contribution < -0.4 is 0 Å². The van der Waals surface area contributed by atoms with Crippen molar-refractivity contribution in [2.75, 3.05) is 13.2 Å². The smallest absolute Gasteiger partial charge is 0.325 e. The molecule has 2 fully saturated rings. The molecule has 0 amide bonds. The molecule has 2 aliphatic rings. The Bertz CT molecular complexity index is 698. The molecule has 3 heterocycles. The predicted octanol–water partition coefficient (Wildman–Crippen LogP) is 1.40. The molecule has 1 aliphatic carbocycles. The maximum absolute atomic E-state index is 11.1. The van der Waals surface area contributed by atoms with Gasteiger partial charge in [-0.3, -0.25) is 4.79 Å². The van der Waals surface area contributed by atoms with Gasteiger partial charge in [0.15, 0.2) is 18.0 Å². The zero-order chi connectivity index (χ0) is 15.1. The molecule has 22 heavy (non-hydrogen) atoms. The van der Waals surface area contributed by atoms with Crippen LogP contribution in [0.1, 0.15) is 42.7 Å². The van der Waals surface area contributed by atoms with Gasteiger partial charge in [0.1, 0.15) is 18.0 Å².